The van der Waals surface area contributed by atoms with Gasteiger partial charge in [-0.25, -0.2) is 4.39 Å². The topological polar surface area (TPSA) is 48.8 Å². The van der Waals surface area contributed by atoms with Gasteiger partial charge in [-0.05, 0) is 40.7 Å². The van der Waals surface area contributed by atoms with Crippen LogP contribution in [-0.2, 0) is 0 Å². The van der Waals surface area contributed by atoms with E-state index >= 15 is 0 Å². The minimum Gasteiger partial charge on any atom is -0.231 e. The molecule has 0 aromatic rings. The molecule has 1 saturated carbocycles. The first-order chi connectivity index (χ1) is 5.67. The SMILES string of the molecule is [N-]=[N+]=NCCCCC1CC1(F)Br. The highest BCUT2D eigenvalue weighted by molar-refractivity contribution is 9.10. The Morgan fingerprint density at radius 2 is 2.33 bits per heavy atom. The van der Waals surface area contributed by atoms with Crippen molar-refractivity contribution in [3.05, 3.63) is 10.4 Å². The minimum atomic E-state index is -1.08. The van der Waals surface area contributed by atoms with E-state index in [1.165, 1.54) is 0 Å². The highest BCUT2D eigenvalue weighted by Gasteiger charge is 2.52. The van der Waals surface area contributed by atoms with Crippen LogP contribution in [0.2, 0.25) is 0 Å². The molecule has 0 aromatic carbocycles. The second-order valence-corrected chi connectivity index (χ2v) is 4.43. The number of azide groups is 1. The van der Waals surface area contributed by atoms with Crippen molar-refractivity contribution in [3.63, 3.8) is 0 Å². The van der Waals surface area contributed by atoms with Crippen molar-refractivity contribution >= 4 is 15.9 Å². The van der Waals surface area contributed by atoms with Gasteiger partial charge in [0.15, 0.2) is 4.58 Å². The molecule has 0 saturated heterocycles. The zero-order valence-electron chi connectivity index (χ0n) is 6.71. The van der Waals surface area contributed by atoms with Crippen LogP contribution in [0.25, 0.3) is 10.4 Å². The fourth-order valence-corrected chi connectivity index (χ4v) is 1.82. The Morgan fingerprint density at radius 1 is 1.67 bits per heavy atom. The molecule has 5 heteroatoms. The van der Waals surface area contributed by atoms with Crippen molar-refractivity contribution in [2.24, 2.45) is 11.0 Å². The third-order valence-electron chi connectivity index (χ3n) is 2.08. The van der Waals surface area contributed by atoms with E-state index in [1.807, 2.05) is 0 Å². The van der Waals surface area contributed by atoms with Gasteiger partial charge in [-0.2, -0.15) is 0 Å². The summed E-state index contributed by atoms with van der Waals surface area (Å²) in [6.07, 6.45) is 3.34. The molecule has 3 nitrogen and oxygen atoms in total. The van der Waals surface area contributed by atoms with Gasteiger partial charge in [0, 0.05) is 17.4 Å². The first-order valence-electron chi connectivity index (χ1n) is 4.05. The largest absolute Gasteiger partial charge is 0.231 e. The van der Waals surface area contributed by atoms with Crippen LogP contribution in [0, 0.1) is 5.92 Å². The van der Waals surface area contributed by atoms with E-state index in [2.05, 4.69) is 26.0 Å². The molecule has 0 heterocycles. The van der Waals surface area contributed by atoms with E-state index in [0.717, 1.165) is 19.3 Å². The van der Waals surface area contributed by atoms with E-state index < -0.39 is 4.58 Å². The normalized spacial score (nSPS) is 32.7. The highest BCUT2D eigenvalue weighted by Crippen LogP contribution is 2.54. The molecule has 0 N–H and O–H groups in total. The van der Waals surface area contributed by atoms with Gasteiger partial charge in [0.05, 0.1) is 0 Å². The molecule has 0 spiro atoms. The van der Waals surface area contributed by atoms with Crippen LogP contribution < -0.4 is 0 Å². The van der Waals surface area contributed by atoms with Crippen LogP contribution in [0.3, 0.4) is 0 Å². The van der Waals surface area contributed by atoms with Crippen LogP contribution in [0.1, 0.15) is 25.7 Å². The van der Waals surface area contributed by atoms with Gasteiger partial charge in [0.2, 0.25) is 0 Å². The molecule has 12 heavy (non-hydrogen) atoms. The number of hydrogen-bond donors (Lipinski definition) is 0. The quantitative estimate of drug-likeness (QED) is 0.230. The van der Waals surface area contributed by atoms with Crippen molar-refractivity contribution in [2.45, 2.75) is 30.3 Å². The fourth-order valence-electron chi connectivity index (χ4n) is 1.20. The lowest BCUT2D eigenvalue weighted by Gasteiger charge is -1.97. The van der Waals surface area contributed by atoms with Crippen LogP contribution in [0.4, 0.5) is 4.39 Å². The van der Waals surface area contributed by atoms with Gasteiger partial charge in [-0.3, -0.25) is 0 Å². The van der Waals surface area contributed by atoms with Gasteiger partial charge in [-0.15, -0.1) is 0 Å². The van der Waals surface area contributed by atoms with E-state index in [1.54, 1.807) is 0 Å². The molecular weight excluding hydrogens is 225 g/mol. The number of rotatable bonds is 5. The van der Waals surface area contributed by atoms with Crippen molar-refractivity contribution < 1.29 is 4.39 Å². The Morgan fingerprint density at radius 3 is 2.83 bits per heavy atom. The molecule has 1 aliphatic rings. The fraction of sp³-hybridized carbons (Fsp3) is 1.00. The molecule has 0 aromatic heterocycles. The van der Waals surface area contributed by atoms with Gasteiger partial charge in [0.25, 0.3) is 0 Å². The molecule has 1 rings (SSSR count). The van der Waals surface area contributed by atoms with Gasteiger partial charge in [-0.1, -0.05) is 11.5 Å². The molecule has 68 valence electrons. The second kappa shape index (κ2) is 4.10. The van der Waals surface area contributed by atoms with Crippen LogP contribution >= 0.6 is 15.9 Å². The summed E-state index contributed by atoms with van der Waals surface area (Å²) in [5.41, 5.74) is 7.96. The summed E-state index contributed by atoms with van der Waals surface area (Å²) < 4.78 is 11.8. The van der Waals surface area contributed by atoms with Crippen LogP contribution in [0.15, 0.2) is 5.11 Å². The standard InChI is InChI=1S/C7H11BrFN3/c8-7(9)5-6(7)3-1-2-4-11-12-10/h6H,1-5H2. The average Bonchev–Trinajstić information content (AvgIpc) is 2.59. The molecule has 0 amide bonds. The summed E-state index contributed by atoms with van der Waals surface area (Å²) in [5.74, 6) is 0.184. The molecule has 1 fully saturated rings. The third kappa shape index (κ3) is 2.99. The van der Waals surface area contributed by atoms with Gasteiger partial charge in [0.1, 0.15) is 0 Å². The Labute approximate surface area is 79.1 Å². The van der Waals surface area contributed by atoms with Crippen molar-refractivity contribution in [2.75, 3.05) is 6.54 Å². The average molecular weight is 236 g/mol. The maximum atomic E-state index is 12.9. The summed E-state index contributed by atoms with van der Waals surface area (Å²) in [6.45, 7) is 0.533. The Balaban J connectivity index is 1.94. The maximum absolute atomic E-state index is 12.9. The van der Waals surface area contributed by atoms with Crippen molar-refractivity contribution in [1.82, 2.24) is 0 Å². The molecule has 2 atom stereocenters. The lowest BCUT2D eigenvalue weighted by molar-refractivity contribution is 0.402. The van der Waals surface area contributed by atoms with Crippen LogP contribution in [-0.4, -0.2) is 11.1 Å². The van der Waals surface area contributed by atoms with E-state index in [4.69, 9.17) is 5.53 Å². The summed E-state index contributed by atoms with van der Waals surface area (Å²) in [5, 5.41) is 3.40. The molecule has 2 unspecified atom stereocenters. The Hall–Kier alpha value is -0.280. The number of hydrogen-bond acceptors (Lipinski definition) is 1. The van der Waals surface area contributed by atoms with E-state index in [9.17, 15) is 4.39 Å². The smallest absolute Gasteiger partial charge is 0.168 e. The lowest BCUT2D eigenvalue weighted by atomic mass is 10.2. The highest BCUT2D eigenvalue weighted by atomic mass is 79.9. The molecule has 0 bridgehead atoms. The molecule has 0 radical (unpaired) electrons. The first kappa shape index (κ1) is 9.81. The Bertz CT molecular complexity index is 201. The first-order valence-corrected chi connectivity index (χ1v) is 4.85. The lowest BCUT2D eigenvalue weighted by Crippen LogP contribution is -1.91. The zero-order valence-corrected chi connectivity index (χ0v) is 8.30. The maximum Gasteiger partial charge on any atom is 0.168 e. The predicted octanol–water partition coefficient (Wildman–Crippen LogP) is 3.55. The van der Waals surface area contributed by atoms with E-state index in [-0.39, 0.29) is 5.92 Å². The summed E-state index contributed by atoms with van der Waals surface area (Å²) in [7, 11) is 0. The number of alkyl halides is 2. The summed E-state index contributed by atoms with van der Waals surface area (Å²) in [6, 6.07) is 0. The Kier molecular flexibility index (Phi) is 3.35. The third-order valence-corrected chi connectivity index (χ3v) is 3.05. The number of nitrogens with zero attached hydrogens (tertiary/aromatic N) is 3. The molecular formula is C7H11BrFN3. The number of unbranched alkanes of at least 4 members (excludes halogenated alkanes) is 1. The van der Waals surface area contributed by atoms with Gasteiger partial charge >= 0.3 is 0 Å². The monoisotopic (exact) mass is 235 g/mol. The predicted molar refractivity (Wildman–Crippen MR) is 48.7 cm³/mol. The van der Waals surface area contributed by atoms with Crippen molar-refractivity contribution in [1.29, 1.82) is 0 Å². The zero-order chi connectivity index (χ0) is 9.03. The summed E-state index contributed by atoms with van der Waals surface area (Å²) >= 11 is 2.99. The molecule has 0 aliphatic heterocycles. The van der Waals surface area contributed by atoms with E-state index in [0.29, 0.717) is 13.0 Å². The van der Waals surface area contributed by atoms with Crippen LogP contribution in [0.5, 0.6) is 0 Å². The van der Waals surface area contributed by atoms with Crippen molar-refractivity contribution in [3.8, 4) is 0 Å². The molecule has 1 aliphatic carbocycles. The van der Waals surface area contributed by atoms with Gasteiger partial charge < -0.3 is 0 Å². The second-order valence-electron chi connectivity index (χ2n) is 3.11. The summed E-state index contributed by atoms with van der Waals surface area (Å²) in [4.78, 5) is 2.64. The minimum absolute atomic E-state index is 0.184. The number of halogens is 2.